The molecule has 0 aliphatic rings. The van der Waals surface area contributed by atoms with Crippen molar-refractivity contribution in [3.63, 3.8) is 0 Å². The normalized spacial score (nSPS) is 10.4. The van der Waals surface area contributed by atoms with Crippen LogP contribution < -0.4 is 0 Å². The third-order valence-electron chi connectivity index (χ3n) is 2.73. The molecule has 0 spiro atoms. The second-order valence-electron chi connectivity index (χ2n) is 5.03. The Morgan fingerprint density at radius 2 is 0.727 bits per heavy atom. The maximum absolute atomic E-state index is 12.1. The van der Waals surface area contributed by atoms with Crippen molar-refractivity contribution >= 4 is 31.3 Å². The van der Waals surface area contributed by atoms with Crippen LogP contribution in [0, 0.1) is 0 Å². The molecule has 0 aromatic rings. The third-order valence-corrected chi connectivity index (χ3v) is 5.82. The van der Waals surface area contributed by atoms with Crippen LogP contribution in [-0.4, -0.2) is 31.3 Å². The zero-order valence-electron chi connectivity index (χ0n) is 13.1. The first kappa shape index (κ1) is 20.6. The molecular weight excluding hydrogens is 328 g/mol. The summed E-state index contributed by atoms with van der Waals surface area (Å²) in [5, 5.41) is 0. The fourth-order valence-electron chi connectivity index (χ4n) is 1.52. The summed E-state index contributed by atoms with van der Waals surface area (Å²) >= 11 is -2.91. The van der Waals surface area contributed by atoms with Gasteiger partial charge in [0.2, 0.25) is 0 Å². The average Bonchev–Trinajstić information content (AvgIpc) is 2.40. The number of ketones is 3. The Morgan fingerprint density at radius 3 is 0.909 bits per heavy atom. The zero-order valence-corrected chi connectivity index (χ0v) is 14.4. The van der Waals surface area contributed by atoms with E-state index in [1.807, 2.05) is 0 Å². The van der Waals surface area contributed by atoms with Gasteiger partial charge in [0.25, 0.3) is 0 Å². The van der Waals surface area contributed by atoms with Gasteiger partial charge >= 0.3 is 133 Å². The van der Waals surface area contributed by atoms with E-state index in [0.717, 1.165) is 0 Å². The molecule has 0 aliphatic carbocycles. The van der Waals surface area contributed by atoms with Crippen LogP contribution in [-0.2, 0) is 42.9 Å². The van der Waals surface area contributed by atoms with Gasteiger partial charge in [0.1, 0.15) is 0 Å². The van der Waals surface area contributed by atoms with Gasteiger partial charge in [0.05, 0.1) is 0 Å². The van der Waals surface area contributed by atoms with E-state index in [-0.39, 0.29) is 55.9 Å². The Morgan fingerprint density at radius 1 is 0.500 bits per heavy atom. The molecule has 0 saturated heterocycles. The van der Waals surface area contributed by atoms with Gasteiger partial charge in [-0.3, -0.25) is 0 Å². The molecular formula is C15H21CrO6. The van der Waals surface area contributed by atoms with Crippen molar-refractivity contribution in [2.45, 2.75) is 59.3 Å². The molecule has 0 amide bonds. The second-order valence-corrected chi connectivity index (χ2v) is 8.12. The van der Waals surface area contributed by atoms with E-state index in [0.29, 0.717) is 0 Å². The number of hydrogen-bond donors (Lipinski definition) is 0. The first-order valence-corrected chi connectivity index (χ1v) is 8.87. The van der Waals surface area contributed by atoms with Crippen LogP contribution in [0.1, 0.15) is 59.3 Å². The molecule has 0 aromatic carbocycles. The summed E-state index contributed by atoms with van der Waals surface area (Å²) in [5.41, 5.74) is 0. The Labute approximate surface area is 134 Å². The molecule has 7 heteroatoms. The Bertz CT molecular complexity index is 423. The summed E-state index contributed by atoms with van der Waals surface area (Å²) < 4.78 is -1.47. The SMILES string of the molecule is CC(=O)CC[C](=O)[Cr]([C](=O)CCC(C)=O)[C](=O)CCC(C)=O. The summed E-state index contributed by atoms with van der Waals surface area (Å²) in [6.45, 7) is 3.99. The van der Waals surface area contributed by atoms with E-state index in [4.69, 9.17) is 0 Å². The van der Waals surface area contributed by atoms with Crippen molar-refractivity contribution in [2.24, 2.45) is 0 Å². The molecule has 0 bridgehead atoms. The Balaban J connectivity index is 4.95. The van der Waals surface area contributed by atoms with Gasteiger partial charge in [0, 0.05) is 0 Å². The third kappa shape index (κ3) is 8.75. The first-order chi connectivity index (χ1) is 10.1. The first-order valence-electron chi connectivity index (χ1n) is 6.96. The van der Waals surface area contributed by atoms with Crippen LogP contribution in [0.4, 0.5) is 0 Å². The summed E-state index contributed by atoms with van der Waals surface area (Å²) in [7, 11) is 0. The molecule has 0 rings (SSSR count). The molecule has 0 unspecified atom stereocenters. The van der Waals surface area contributed by atoms with Crippen molar-refractivity contribution in [2.75, 3.05) is 0 Å². The summed E-state index contributed by atoms with van der Waals surface area (Å²) in [5.74, 6) is -0.566. The molecule has 0 aromatic heterocycles. The summed E-state index contributed by atoms with van der Waals surface area (Å²) in [6.07, 6.45) is -0.386. The zero-order chi connectivity index (χ0) is 17.3. The van der Waals surface area contributed by atoms with Gasteiger partial charge in [-0.2, -0.15) is 0 Å². The predicted molar refractivity (Wildman–Crippen MR) is 74.8 cm³/mol. The van der Waals surface area contributed by atoms with Crippen molar-refractivity contribution in [1.29, 1.82) is 0 Å². The van der Waals surface area contributed by atoms with E-state index in [2.05, 4.69) is 0 Å². The molecule has 0 atom stereocenters. The number of Topliss-reactive ketones (excluding diaryl/α,β-unsaturated/α-hetero) is 3. The number of carbonyl (C=O) groups excluding carboxylic acids is 6. The van der Waals surface area contributed by atoms with Gasteiger partial charge in [0.15, 0.2) is 0 Å². The fraction of sp³-hybridized carbons (Fsp3) is 0.600. The maximum atomic E-state index is 12.1. The van der Waals surface area contributed by atoms with E-state index in [1.54, 1.807) is 0 Å². The van der Waals surface area contributed by atoms with E-state index in [9.17, 15) is 28.8 Å². The average molecular weight is 349 g/mol. The van der Waals surface area contributed by atoms with Crippen LogP contribution in [0.25, 0.3) is 0 Å². The van der Waals surface area contributed by atoms with Crippen LogP contribution in [0.2, 0.25) is 0 Å². The Hall–Kier alpha value is -1.45. The molecule has 0 N–H and O–H groups in total. The molecule has 6 nitrogen and oxygen atoms in total. The summed E-state index contributed by atoms with van der Waals surface area (Å²) in [6, 6.07) is 0. The van der Waals surface area contributed by atoms with Gasteiger partial charge < -0.3 is 0 Å². The quantitative estimate of drug-likeness (QED) is 0.526. The van der Waals surface area contributed by atoms with E-state index >= 15 is 0 Å². The number of hydrogen-bond acceptors (Lipinski definition) is 6. The summed E-state index contributed by atoms with van der Waals surface area (Å²) in [4.78, 5) is 69.2. The molecule has 0 aliphatic heterocycles. The van der Waals surface area contributed by atoms with Crippen LogP contribution in [0.5, 0.6) is 0 Å². The number of rotatable bonds is 12. The molecule has 22 heavy (non-hydrogen) atoms. The predicted octanol–water partition coefficient (Wildman–Crippen LogP) is 1.29. The molecule has 0 heterocycles. The molecule has 0 fully saturated rings. The molecule has 0 saturated carbocycles. The van der Waals surface area contributed by atoms with Crippen LogP contribution in [0.3, 0.4) is 0 Å². The minimum atomic E-state index is -2.91. The topological polar surface area (TPSA) is 102 Å². The number of carbonyl (C=O) groups is 6. The van der Waals surface area contributed by atoms with Gasteiger partial charge in [-0.25, -0.2) is 0 Å². The second kappa shape index (κ2) is 10.3. The van der Waals surface area contributed by atoms with Gasteiger partial charge in [-0.1, -0.05) is 0 Å². The fourth-order valence-corrected chi connectivity index (χ4v) is 4.15. The monoisotopic (exact) mass is 349 g/mol. The van der Waals surface area contributed by atoms with Crippen molar-refractivity contribution < 1.29 is 42.9 Å². The van der Waals surface area contributed by atoms with Crippen LogP contribution in [0.15, 0.2) is 0 Å². The minimum absolute atomic E-state index is 0.00118. The van der Waals surface area contributed by atoms with Crippen LogP contribution >= 0.6 is 0 Å². The Kier molecular flexibility index (Phi) is 9.63. The van der Waals surface area contributed by atoms with Gasteiger partial charge in [-0.15, -0.1) is 0 Å². The van der Waals surface area contributed by atoms with E-state index < -0.39 is 28.1 Å². The van der Waals surface area contributed by atoms with Crippen molar-refractivity contribution in [3.05, 3.63) is 0 Å². The van der Waals surface area contributed by atoms with Crippen molar-refractivity contribution in [3.8, 4) is 0 Å². The van der Waals surface area contributed by atoms with Gasteiger partial charge in [-0.05, 0) is 0 Å². The molecule has 0 radical (unpaired) electrons. The van der Waals surface area contributed by atoms with Crippen molar-refractivity contribution in [1.82, 2.24) is 0 Å². The molecule has 123 valence electrons. The van der Waals surface area contributed by atoms with E-state index in [1.165, 1.54) is 20.8 Å². The standard InChI is InChI=1S/3C5H7O2.Cr/c3*1-5(7)3-2-4-6;/h3*2-3H2,1H3;.